The van der Waals surface area contributed by atoms with E-state index in [9.17, 15) is 34.8 Å². The van der Waals surface area contributed by atoms with E-state index in [2.05, 4.69) is 111 Å². The number of aliphatic hydroxyl groups excluding tert-OH is 3. The van der Waals surface area contributed by atoms with Crippen LogP contribution in [0.5, 0.6) is 0 Å². The van der Waals surface area contributed by atoms with E-state index in [4.69, 9.17) is 18.9 Å². The van der Waals surface area contributed by atoms with E-state index in [0.29, 0.717) is 19.3 Å². The average Bonchev–Trinajstić information content (AvgIpc) is 3.28. The van der Waals surface area contributed by atoms with E-state index in [1.165, 1.54) is 19.3 Å². The predicted octanol–water partition coefficient (Wildman–Crippen LogP) is 11.0. The number of rotatable bonds is 38. The van der Waals surface area contributed by atoms with Crippen molar-refractivity contribution < 1.29 is 53.8 Å². The first-order valence-electron chi connectivity index (χ1n) is 23.9. The number of esters is 2. The molecule has 1 fully saturated rings. The summed E-state index contributed by atoms with van der Waals surface area (Å²) in [5.74, 6) is -2.55. The van der Waals surface area contributed by atoms with Gasteiger partial charge in [0.2, 0.25) is 0 Å². The van der Waals surface area contributed by atoms with E-state index in [0.717, 1.165) is 89.9 Å². The third kappa shape index (κ3) is 32.5. The zero-order chi connectivity index (χ0) is 46.7. The van der Waals surface area contributed by atoms with Gasteiger partial charge in [-0.3, -0.25) is 9.59 Å². The third-order valence-corrected chi connectivity index (χ3v) is 10.1. The summed E-state index contributed by atoms with van der Waals surface area (Å²) in [6, 6.07) is 0. The highest BCUT2D eigenvalue weighted by molar-refractivity contribution is 5.73. The van der Waals surface area contributed by atoms with Gasteiger partial charge in [0.05, 0.1) is 6.61 Å². The predicted molar refractivity (Wildman–Crippen MR) is 256 cm³/mol. The van der Waals surface area contributed by atoms with E-state index in [1.807, 2.05) is 12.2 Å². The number of carboxylic acid groups (broad SMARTS) is 1. The number of carbonyl (C=O) groups is 3. The molecule has 0 spiro atoms. The van der Waals surface area contributed by atoms with E-state index in [1.54, 1.807) is 0 Å². The van der Waals surface area contributed by atoms with Crippen molar-refractivity contribution in [1.29, 1.82) is 0 Å². The number of unbranched alkanes of at least 4 members (excludes halogenated alkanes) is 9. The Morgan fingerprint density at radius 3 is 1.36 bits per heavy atom. The van der Waals surface area contributed by atoms with Gasteiger partial charge in [0, 0.05) is 12.8 Å². The number of allylic oxidation sites excluding steroid dienone is 18. The molecular formula is C53H82O11. The zero-order valence-corrected chi connectivity index (χ0v) is 39.0. The lowest BCUT2D eigenvalue weighted by atomic mass is 9.99. The number of carbonyl (C=O) groups excluding carboxylic acids is 2. The Kier molecular flexibility index (Phi) is 37.6. The number of carboxylic acids is 1. The van der Waals surface area contributed by atoms with Crippen molar-refractivity contribution in [3.8, 4) is 0 Å². The summed E-state index contributed by atoms with van der Waals surface area (Å²) >= 11 is 0. The van der Waals surface area contributed by atoms with Crippen LogP contribution in [-0.4, -0.2) is 88.4 Å². The Bertz CT molecular complexity index is 1470. The van der Waals surface area contributed by atoms with Crippen LogP contribution in [0.3, 0.4) is 0 Å². The average molecular weight is 895 g/mol. The second kappa shape index (κ2) is 41.6. The van der Waals surface area contributed by atoms with Gasteiger partial charge in [-0.2, -0.15) is 0 Å². The Hall–Kier alpha value is -4.13. The number of hydrogen-bond donors (Lipinski definition) is 4. The van der Waals surface area contributed by atoms with Gasteiger partial charge < -0.3 is 39.4 Å². The Balaban J connectivity index is 2.39. The van der Waals surface area contributed by atoms with Crippen molar-refractivity contribution in [2.45, 2.75) is 192 Å². The second-order valence-corrected chi connectivity index (χ2v) is 15.8. The van der Waals surface area contributed by atoms with E-state index < -0.39 is 61.3 Å². The van der Waals surface area contributed by atoms with Crippen molar-refractivity contribution in [3.05, 3.63) is 109 Å². The molecule has 4 N–H and O–H groups in total. The molecule has 1 rings (SSSR count). The highest BCUT2D eigenvalue weighted by Gasteiger charge is 2.47. The van der Waals surface area contributed by atoms with Crippen molar-refractivity contribution in [1.82, 2.24) is 0 Å². The number of ether oxygens (including phenoxy) is 4. The van der Waals surface area contributed by atoms with Gasteiger partial charge in [0.15, 0.2) is 18.5 Å². The van der Waals surface area contributed by atoms with Gasteiger partial charge in [-0.15, -0.1) is 0 Å². The first-order valence-corrected chi connectivity index (χ1v) is 23.9. The summed E-state index contributed by atoms with van der Waals surface area (Å²) in [6.45, 7) is 3.52. The van der Waals surface area contributed by atoms with E-state index >= 15 is 0 Å². The Morgan fingerprint density at radius 2 is 0.891 bits per heavy atom. The maximum Gasteiger partial charge on any atom is 0.335 e. The molecule has 0 aliphatic carbocycles. The van der Waals surface area contributed by atoms with Crippen LogP contribution in [0.4, 0.5) is 0 Å². The van der Waals surface area contributed by atoms with Gasteiger partial charge in [0.25, 0.3) is 0 Å². The highest BCUT2D eigenvalue weighted by Crippen LogP contribution is 2.23. The molecule has 11 nitrogen and oxygen atoms in total. The fourth-order valence-electron chi connectivity index (χ4n) is 6.43. The van der Waals surface area contributed by atoms with Crippen molar-refractivity contribution in [2.24, 2.45) is 0 Å². The fourth-order valence-corrected chi connectivity index (χ4v) is 6.43. The molecule has 0 radical (unpaired) electrons. The van der Waals surface area contributed by atoms with Crippen LogP contribution in [0.2, 0.25) is 0 Å². The number of aliphatic carboxylic acids is 1. The number of aliphatic hydroxyl groups is 3. The second-order valence-electron chi connectivity index (χ2n) is 15.8. The topological polar surface area (TPSA) is 169 Å². The summed E-state index contributed by atoms with van der Waals surface area (Å²) < 4.78 is 21.7. The molecule has 6 atom stereocenters. The van der Waals surface area contributed by atoms with Crippen LogP contribution < -0.4 is 0 Å². The third-order valence-electron chi connectivity index (χ3n) is 10.1. The van der Waals surface area contributed by atoms with Crippen LogP contribution in [0, 0.1) is 0 Å². The minimum absolute atomic E-state index is 0.149. The van der Waals surface area contributed by atoms with Crippen molar-refractivity contribution in [3.63, 3.8) is 0 Å². The van der Waals surface area contributed by atoms with Gasteiger partial charge >= 0.3 is 17.9 Å². The van der Waals surface area contributed by atoms with Crippen molar-refractivity contribution in [2.75, 3.05) is 13.2 Å². The lowest BCUT2D eigenvalue weighted by Gasteiger charge is -2.38. The van der Waals surface area contributed by atoms with Gasteiger partial charge in [-0.25, -0.2) is 4.79 Å². The molecule has 0 amide bonds. The van der Waals surface area contributed by atoms with Crippen LogP contribution in [0.15, 0.2) is 109 Å². The minimum Gasteiger partial charge on any atom is -0.479 e. The van der Waals surface area contributed by atoms with Gasteiger partial charge in [-0.1, -0.05) is 162 Å². The largest absolute Gasteiger partial charge is 0.479 e. The highest BCUT2D eigenvalue weighted by atomic mass is 16.7. The smallest absolute Gasteiger partial charge is 0.335 e. The summed E-state index contributed by atoms with van der Waals surface area (Å²) in [6.07, 6.45) is 48.5. The number of hydrogen-bond acceptors (Lipinski definition) is 10. The molecule has 1 aliphatic rings. The van der Waals surface area contributed by atoms with Gasteiger partial charge in [-0.05, 0) is 89.9 Å². The summed E-state index contributed by atoms with van der Waals surface area (Å²) in [7, 11) is 0. The van der Waals surface area contributed by atoms with E-state index in [-0.39, 0.29) is 19.4 Å². The van der Waals surface area contributed by atoms with Gasteiger partial charge in [0.1, 0.15) is 24.9 Å². The molecule has 1 aliphatic heterocycles. The molecule has 0 aromatic carbocycles. The molecule has 0 aromatic heterocycles. The zero-order valence-electron chi connectivity index (χ0n) is 39.0. The summed E-state index contributed by atoms with van der Waals surface area (Å²) in [4.78, 5) is 36.9. The van der Waals surface area contributed by atoms with Crippen LogP contribution in [0.25, 0.3) is 0 Å². The first-order chi connectivity index (χ1) is 31.2. The van der Waals surface area contributed by atoms with Crippen molar-refractivity contribution >= 4 is 17.9 Å². The molecule has 0 bridgehead atoms. The SMILES string of the molecule is CC/C=C\C/C=C\C/C=C\C/C=C\C/C=C\CCCC(=O)OCC(COC1OC(C(=O)O)C(O)C(O)C1O)OC(=O)CCCCCCCCCC/C=C\C/C=C\C/C=C\C/C=C\CC. The minimum atomic E-state index is -1.88. The fraction of sp³-hybridized carbons (Fsp3) is 0.604. The molecule has 11 heteroatoms. The molecule has 1 heterocycles. The maximum atomic E-state index is 12.8. The van der Waals surface area contributed by atoms with Crippen LogP contribution in [-0.2, 0) is 33.3 Å². The molecule has 64 heavy (non-hydrogen) atoms. The standard InChI is InChI=1S/C53H82O11/c1-3-5-7-9-11-13-15-17-19-21-22-23-24-26-28-30-32-34-36-38-40-42-47(55)63-45(44-62-53-50(58)48(56)49(57)51(64-53)52(59)60)43-61-46(54)41-39-37-35-33-31-29-27-25-20-18-16-14-12-10-8-6-4-2/h5-8,11-14,17-20,22-23,27,29,33,35,45,48-51,53,56-58H,3-4,9-10,15-16,21,24-26,28,30-32,34,36-44H2,1-2H3,(H,59,60)/b7-5-,8-6-,13-11-,14-12-,19-17-,20-18-,23-22-,29-27-,35-33-. The molecule has 0 saturated carbocycles. The quantitative estimate of drug-likeness (QED) is 0.0264. The lowest BCUT2D eigenvalue weighted by Crippen LogP contribution is -2.60. The lowest BCUT2D eigenvalue weighted by molar-refractivity contribution is -0.298. The van der Waals surface area contributed by atoms with Crippen LogP contribution in [0.1, 0.15) is 155 Å². The molecule has 6 unspecified atom stereocenters. The summed E-state index contributed by atoms with van der Waals surface area (Å²) in [5.41, 5.74) is 0. The molecule has 0 aromatic rings. The molecule has 1 saturated heterocycles. The first kappa shape index (κ1) is 57.9. The normalized spacial score (nSPS) is 20.3. The maximum absolute atomic E-state index is 12.8. The summed E-state index contributed by atoms with van der Waals surface area (Å²) in [5, 5.41) is 39.9. The van der Waals surface area contributed by atoms with Crippen LogP contribution >= 0.6 is 0 Å². The Labute approximate surface area is 385 Å². The molecule has 360 valence electrons. The Morgan fingerprint density at radius 1 is 0.484 bits per heavy atom. The molecular weight excluding hydrogens is 813 g/mol. The monoisotopic (exact) mass is 895 g/mol.